The predicted octanol–water partition coefficient (Wildman–Crippen LogP) is 3.51. The molecule has 1 N–H and O–H groups in total. The molecule has 3 rings (SSSR count). The van der Waals surface area contributed by atoms with Gasteiger partial charge in [-0.25, -0.2) is 0 Å². The molecule has 170 valence electrons. The molecule has 1 aliphatic heterocycles. The van der Waals surface area contributed by atoms with Gasteiger partial charge in [-0.3, -0.25) is 19.3 Å². The van der Waals surface area contributed by atoms with Gasteiger partial charge in [-0.15, -0.1) is 0 Å². The fourth-order valence-corrected chi connectivity index (χ4v) is 3.73. The Balaban J connectivity index is 1.77. The smallest absolute Gasteiger partial charge is 0.265 e. The third kappa shape index (κ3) is 5.28. The molecule has 1 unspecified atom stereocenters. The van der Waals surface area contributed by atoms with E-state index in [1.807, 2.05) is 46.8 Å². The van der Waals surface area contributed by atoms with Crippen molar-refractivity contribution in [1.29, 1.82) is 0 Å². The average Bonchev–Trinajstić information content (AvgIpc) is 2.74. The van der Waals surface area contributed by atoms with Gasteiger partial charge in [0.1, 0.15) is 18.0 Å². The van der Waals surface area contributed by atoms with E-state index in [1.54, 1.807) is 18.2 Å². The minimum absolute atomic E-state index is 0.0110. The summed E-state index contributed by atoms with van der Waals surface area (Å²) < 4.78 is 11.3. The molecule has 2 amide bonds. The van der Waals surface area contributed by atoms with E-state index in [-0.39, 0.29) is 43.4 Å². The van der Waals surface area contributed by atoms with E-state index in [1.165, 1.54) is 4.90 Å². The first-order valence-corrected chi connectivity index (χ1v) is 10.8. The lowest BCUT2D eigenvalue weighted by molar-refractivity contribution is -0.125. The number of carbonyl (C=O) groups excluding carboxylic acids is 3. The summed E-state index contributed by atoms with van der Waals surface area (Å²) in [6.07, 6.45) is 0.790. The van der Waals surface area contributed by atoms with Crippen LogP contribution in [-0.4, -0.2) is 43.4 Å². The molecule has 0 aliphatic carbocycles. The van der Waals surface area contributed by atoms with Gasteiger partial charge in [0.15, 0.2) is 19.0 Å². The van der Waals surface area contributed by atoms with Crippen molar-refractivity contribution in [3.63, 3.8) is 0 Å². The highest BCUT2D eigenvalue weighted by Gasteiger charge is 2.28. The number of rotatable bonds is 8. The van der Waals surface area contributed by atoms with Crippen LogP contribution in [0.4, 0.5) is 5.69 Å². The summed E-state index contributed by atoms with van der Waals surface area (Å²) in [6, 6.07) is 8.91. The van der Waals surface area contributed by atoms with E-state index in [0.717, 1.165) is 23.1 Å². The summed E-state index contributed by atoms with van der Waals surface area (Å²) in [7, 11) is 0. The lowest BCUT2D eigenvalue weighted by atomic mass is 10.1. The summed E-state index contributed by atoms with van der Waals surface area (Å²) in [5, 5.41) is 2.86. The monoisotopic (exact) mass is 438 g/mol. The third-order valence-electron chi connectivity index (χ3n) is 5.50. The number of amides is 2. The van der Waals surface area contributed by atoms with Crippen LogP contribution < -0.4 is 19.7 Å². The molecule has 0 saturated carbocycles. The summed E-state index contributed by atoms with van der Waals surface area (Å²) in [4.78, 5) is 39.0. The summed E-state index contributed by atoms with van der Waals surface area (Å²) in [5.41, 5.74) is 3.87. The molecule has 0 bridgehead atoms. The van der Waals surface area contributed by atoms with Gasteiger partial charge in [-0.1, -0.05) is 24.6 Å². The van der Waals surface area contributed by atoms with Crippen molar-refractivity contribution < 1.29 is 23.9 Å². The number of fused-ring (bicyclic) bond motifs is 1. The van der Waals surface area contributed by atoms with Crippen LogP contribution in [0, 0.1) is 20.8 Å². The van der Waals surface area contributed by atoms with Gasteiger partial charge >= 0.3 is 0 Å². The fraction of sp³-hybridized carbons (Fsp3) is 0.400. The number of benzene rings is 2. The van der Waals surface area contributed by atoms with Crippen molar-refractivity contribution >= 4 is 23.3 Å². The van der Waals surface area contributed by atoms with Gasteiger partial charge in [0.05, 0.1) is 5.69 Å². The van der Waals surface area contributed by atoms with Crippen molar-refractivity contribution in [3.8, 4) is 11.5 Å². The number of ether oxygens (including phenoxy) is 2. The van der Waals surface area contributed by atoms with E-state index >= 15 is 0 Å². The van der Waals surface area contributed by atoms with E-state index in [9.17, 15) is 14.4 Å². The van der Waals surface area contributed by atoms with E-state index < -0.39 is 0 Å². The van der Waals surface area contributed by atoms with Crippen LogP contribution >= 0.6 is 0 Å². The molecule has 7 heteroatoms. The Morgan fingerprint density at radius 1 is 1.16 bits per heavy atom. The molecule has 7 nitrogen and oxygen atoms in total. The summed E-state index contributed by atoms with van der Waals surface area (Å²) >= 11 is 0. The molecular weight excluding hydrogens is 408 g/mol. The van der Waals surface area contributed by atoms with Gasteiger partial charge in [-0.2, -0.15) is 0 Å². The molecule has 32 heavy (non-hydrogen) atoms. The number of ketones is 1. The van der Waals surface area contributed by atoms with Crippen molar-refractivity contribution in [2.75, 3.05) is 24.7 Å². The topological polar surface area (TPSA) is 84.9 Å². The van der Waals surface area contributed by atoms with Crippen molar-refractivity contribution in [3.05, 3.63) is 52.6 Å². The number of hydrogen-bond acceptors (Lipinski definition) is 5. The molecule has 2 aromatic carbocycles. The standard InChI is InChI=1S/C25H30N2O5/c1-6-18(5)26-23(29)12-27-20-11-19(7-8-22(20)31-14-24(27)30)21(28)13-32-25-16(3)9-15(2)10-17(25)4/h7-11,18H,6,12-14H2,1-5H3,(H,26,29). The largest absolute Gasteiger partial charge is 0.485 e. The minimum Gasteiger partial charge on any atom is -0.485 e. The molecule has 0 fully saturated rings. The number of hydrogen-bond donors (Lipinski definition) is 1. The molecule has 1 heterocycles. The lowest BCUT2D eigenvalue weighted by Gasteiger charge is -2.29. The maximum atomic E-state index is 12.8. The summed E-state index contributed by atoms with van der Waals surface area (Å²) in [6.45, 7) is 9.38. The predicted molar refractivity (Wildman–Crippen MR) is 123 cm³/mol. The highest BCUT2D eigenvalue weighted by atomic mass is 16.5. The second kappa shape index (κ2) is 9.85. The Hall–Kier alpha value is -3.35. The van der Waals surface area contributed by atoms with Crippen LogP contribution in [0.3, 0.4) is 0 Å². The first-order chi connectivity index (χ1) is 15.2. The fourth-order valence-electron chi connectivity index (χ4n) is 3.73. The number of aryl methyl sites for hydroxylation is 3. The van der Waals surface area contributed by atoms with E-state index in [0.29, 0.717) is 22.7 Å². The molecule has 0 saturated heterocycles. The van der Waals surface area contributed by atoms with Crippen LogP contribution in [-0.2, 0) is 9.59 Å². The Labute approximate surface area is 188 Å². The van der Waals surface area contributed by atoms with Crippen molar-refractivity contribution in [2.45, 2.75) is 47.1 Å². The lowest BCUT2D eigenvalue weighted by Crippen LogP contribution is -2.46. The van der Waals surface area contributed by atoms with Crippen molar-refractivity contribution in [2.24, 2.45) is 0 Å². The average molecular weight is 439 g/mol. The number of carbonyl (C=O) groups is 3. The maximum absolute atomic E-state index is 12.8. The highest BCUT2D eigenvalue weighted by Crippen LogP contribution is 2.33. The zero-order chi connectivity index (χ0) is 23.4. The van der Waals surface area contributed by atoms with Crippen LogP contribution in [0.25, 0.3) is 0 Å². The first kappa shape index (κ1) is 23.3. The van der Waals surface area contributed by atoms with E-state index in [2.05, 4.69) is 5.32 Å². The van der Waals surface area contributed by atoms with Gasteiger partial charge in [0.2, 0.25) is 5.91 Å². The van der Waals surface area contributed by atoms with Gasteiger partial charge in [0.25, 0.3) is 5.91 Å². The Morgan fingerprint density at radius 3 is 2.50 bits per heavy atom. The van der Waals surface area contributed by atoms with Gasteiger partial charge in [0, 0.05) is 11.6 Å². The molecule has 0 spiro atoms. The number of nitrogens with one attached hydrogen (secondary N) is 1. The third-order valence-corrected chi connectivity index (χ3v) is 5.50. The second-order valence-corrected chi connectivity index (χ2v) is 8.27. The van der Waals surface area contributed by atoms with E-state index in [4.69, 9.17) is 9.47 Å². The number of nitrogens with zero attached hydrogens (tertiary/aromatic N) is 1. The summed E-state index contributed by atoms with van der Waals surface area (Å²) in [5.74, 6) is 0.344. The molecule has 1 aliphatic rings. The van der Waals surface area contributed by atoms with Gasteiger partial charge < -0.3 is 14.8 Å². The maximum Gasteiger partial charge on any atom is 0.265 e. The Bertz CT molecular complexity index is 1020. The SMILES string of the molecule is CCC(C)NC(=O)CN1C(=O)COc2ccc(C(=O)COc3c(C)cc(C)cc3C)cc21. The van der Waals surface area contributed by atoms with Crippen molar-refractivity contribution in [1.82, 2.24) is 5.32 Å². The van der Waals surface area contributed by atoms with Crippen LogP contribution in [0.1, 0.15) is 47.3 Å². The normalized spacial score (nSPS) is 13.8. The second-order valence-electron chi connectivity index (χ2n) is 8.27. The number of Topliss-reactive ketones (excluding diaryl/α,β-unsaturated/α-hetero) is 1. The van der Waals surface area contributed by atoms with Gasteiger partial charge in [-0.05, 0) is 63.4 Å². The molecule has 0 radical (unpaired) electrons. The van der Waals surface area contributed by atoms with Crippen LogP contribution in [0.2, 0.25) is 0 Å². The highest BCUT2D eigenvalue weighted by molar-refractivity contribution is 6.04. The van der Waals surface area contributed by atoms with Crippen LogP contribution in [0.5, 0.6) is 11.5 Å². The Kier molecular flexibility index (Phi) is 7.18. The minimum atomic E-state index is -0.330. The zero-order valence-electron chi connectivity index (χ0n) is 19.3. The quantitative estimate of drug-likeness (QED) is 0.638. The molecule has 0 aromatic heterocycles. The zero-order valence-corrected chi connectivity index (χ0v) is 19.3. The van der Waals surface area contributed by atoms with Crippen LogP contribution in [0.15, 0.2) is 30.3 Å². The molecule has 2 aromatic rings. The molecule has 1 atom stereocenters. The number of anilines is 1. The molecular formula is C25H30N2O5. The Morgan fingerprint density at radius 2 is 1.84 bits per heavy atom. The first-order valence-electron chi connectivity index (χ1n) is 10.8.